The normalized spacial score (nSPS) is 12.3. The Hall–Kier alpha value is -2.37. The van der Waals surface area contributed by atoms with Gasteiger partial charge >= 0.3 is 17.9 Å². The number of esters is 3. The van der Waals surface area contributed by atoms with Crippen LogP contribution in [0.4, 0.5) is 0 Å². The molecule has 0 amide bonds. The molecule has 0 aliphatic carbocycles. The summed E-state index contributed by atoms with van der Waals surface area (Å²) in [7, 11) is 0. The number of carbonyl (C=O) groups excluding carboxylic acids is 3. The molecule has 344 valence electrons. The highest BCUT2D eigenvalue weighted by Crippen LogP contribution is 2.14. The van der Waals surface area contributed by atoms with Crippen molar-refractivity contribution in [3.8, 4) is 0 Å². The van der Waals surface area contributed by atoms with Crippen molar-refractivity contribution in [2.75, 3.05) is 13.2 Å². The average molecular weight is 829 g/mol. The predicted molar refractivity (Wildman–Crippen MR) is 252 cm³/mol. The van der Waals surface area contributed by atoms with Gasteiger partial charge in [0.2, 0.25) is 0 Å². The van der Waals surface area contributed by atoms with Crippen LogP contribution in [0, 0.1) is 0 Å². The van der Waals surface area contributed by atoms with Gasteiger partial charge in [-0.05, 0) is 77.0 Å². The lowest BCUT2D eigenvalue weighted by molar-refractivity contribution is -0.167. The second kappa shape index (κ2) is 48.3. The monoisotopic (exact) mass is 829 g/mol. The summed E-state index contributed by atoms with van der Waals surface area (Å²) in [6.45, 7) is 6.60. The van der Waals surface area contributed by atoms with Crippen LogP contribution >= 0.6 is 0 Å². The van der Waals surface area contributed by atoms with Crippen molar-refractivity contribution in [1.29, 1.82) is 0 Å². The largest absolute Gasteiger partial charge is 0.462 e. The zero-order chi connectivity index (χ0) is 43.0. The van der Waals surface area contributed by atoms with E-state index in [9.17, 15) is 14.4 Å². The van der Waals surface area contributed by atoms with E-state index in [4.69, 9.17) is 14.2 Å². The quantitative estimate of drug-likeness (QED) is 0.0263. The fraction of sp³-hybridized carbons (Fsp3) is 0.830. The Morgan fingerprint density at radius 1 is 0.339 bits per heavy atom. The molecule has 0 bridgehead atoms. The van der Waals surface area contributed by atoms with E-state index >= 15 is 0 Å². The molecule has 0 heterocycles. The summed E-state index contributed by atoms with van der Waals surface area (Å²) >= 11 is 0. The number of carbonyl (C=O) groups is 3. The van der Waals surface area contributed by atoms with E-state index in [1.807, 2.05) is 0 Å². The molecule has 0 saturated carbocycles. The number of rotatable bonds is 46. The standard InChI is InChI=1S/C53H96O6/c1-4-7-10-13-16-19-22-24-26-28-29-31-34-37-40-43-46-52(55)58-49-50(48-57-51(54)45-42-39-36-33-21-18-15-12-9-6-3)59-53(56)47-44-41-38-35-32-30-27-25-23-20-17-14-11-8-5-2/h19,22,25-28,50H,4-18,20-21,23-24,29-49H2,1-3H3/b22-19-,27-25-,28-26-. The molecular weight excluding hydrogens is 733 g/mol. The minimum atomic E-state index is -0.777. The van der Waals surface area contributed by atoms with Gasteiger partial charge in [0.05, 0.1) is 0 Å². The van der Waals surface area contributed by atoms with E-state index in [1.165, 1.54) is 141 Å². The van der Waals surface area contributed by atoms with Crippen LogP contribution < -0.4 is 0 Å². The number of hydrogen-bond donors (Lipinski definition) is 0. The van der Waals surface area contributed by atoms with Gasteiger partial charge < -0.3 is 14.2 Å². The Labute approximate surface area is 365 Å². The van der Waals surface area contributed by atoms with E-state index in [0.29, 0.717) is 19.3 Å². The summed E-state index contributed by atoms with van der Waals surface area (Å²) in [5, 5.41) is 0. The summed E-state index contributed by atoms with van der Waals surface area (Å²) in [4.78, 5) is 37.9. The maximum absolute atomic E-state index is 12.8. The predicted octanol–water partition coefficient (Wildman–Crippen LogP) is 16.5. The molecule has 0 aromatic heterocycles. The molecule has 0 N–H and O–H groups in total. The number of unbranched alkanes of at least 4 members (excludes halogenated alkanes) is 29. The van der Waals surface area contributed by atoms with Crippen molar-refractivity contribution in [2.45, 2.75) is 271 Å². The van der Waals surface area contributed by atoms with Gasteiger partial charge in [0.15, 0.2) is 6.10 Å². The third-order valence-corrected chi connectivity index (χ3v) is 11.1. The lowest BCUT2D eigenvalue weighted by Gasteiger charge is -2.18. The Morgan fingerprint density at radius 3 is 0.966 bits per heavy atom. The average Bonchev–Trinajstić information content (AvgIpc) is 3.23. The number of allylic oxidation sites excluding steroid dienone is 6. The van der Waals surface area contributed by atoms with Crippen molar-refractivity contribution in [1.82, 2.24) is 0 Å². The summed E-state index contributed by atoms with van der Waals surface area (Å²) in [6, 6.07) is 0. The Kier molecular flexibility index (Phi) is 46.4. The summed E-state index contributed by atoms with van der Waals surface area (Å²) in [5.41, 5.74) is 0. The van der Waals surface area contributed by atoms with Gasteiger partial charge in [0.25, 0.3) is 0 Å². The molecule has 0 aromatic carbocycles. The van der Waals surface area contributed by atoms with Gasteiger partial charge in [-0.2, -0.15) is 0 Å². The van der Waals surface area contributed by atoms with Crippen molar-refractivity contribution in [2.24, 2.45) is 0 Å². The maximum Gasteiger partial charge on any atom is 0.306 e. The van der Waals surface area contributed by atoms with Gasteiger partial charge in [-0.25, -0.2) is 0 Å². The van der Waals surface area contributed by atoms with Crippen LogP contribution in [0.5, 0.6) is 0 Å². The molecule has 59 heavy (non-hydrogen) atoms. The highest BCUT2D eigenvalue weighted by atomic mass is 16.6. The molecule has 0 saturated heterocycles. The maximum atomic E-state index is 12.8. The molecule has 6 nitrogen and oxygen atoms in total. The van der Waals surface area contributed by atoms with Crippen LogP contribution in [0.2, 0.25) is 0 Å². The van der Waals surface area contributed by atoms with E-state index in [0.717, 1.165) is 83.5 Å². The van der Waals surface area contributed by atoms with Crippen LogP contribution in [-0.4, -0.2) is 37.2 Å². The highest BCUT2D eigenvalue weighted by Gasteiger charge is 2.19. The Balaban J connectivity index is 4.37. The first kappa shape index (κ1) is 56.6. The van der Waals surface area contributed by atoms with Crippen LogP contribution in [-0.2, 0) is 28.6 Å². The van der Waals surface area contributed by atoms with Crippen molar-refractivity contribution < 1.29 is 28.6 Å². The second-order valence-corrected chi connectivity index (χ2v) is 17.1. The molecule has 0 fully saturated rings. The third-order valence-electron chi connectivity index (χ3n) is 11.1. The topological polar surface area (TPSA) is 78.9 Å². The van der Waals surface area contributed by atoms with E-state index in [1.54, 1.807) is 0 Å². The van der Waals surface area contributed by atoms with Crippen molar-refractivity contribution in [3.05, 3.63) is 36.5 Å². The third kappa shape index (κ3) is 46.5. The summed E-state index contributed by atoms with van der Waals surface area (Å²) < 4.78 is 16.8. The fourth-order valence-electron chi connectivity index (χ4n) is 7.23. The zero-order valence-electron chi connectivity index (χ0n) is 39.3. The van der Waals surface area contributed by atoms with Gasteiger partial charge in [0, 0.05) is 19.3 Å². The molecule has 0 aliphatic rings. The first-order valence-electron chi connectivity index (χ1n) is 25.5. The highest BCUT2D eigenvalue weighted by molar-refractivity contribution is 5.71. The molecule has 0 aliphatic heterocycles. The fourth-order valence-corrected chi connectivity index (χ4v) is 7.23. The van der Waals surface area contributed by atoms with Gasteiger partial charge in [0.1, 0.15) is 13.2 Å². The van der Waals surface area contributed by atoms with Crippen molar-refractivity contribution in [3.63, 3.8) is 0 Å². The molecular formula is C53H96O6. The van der Waals surface area contributed by atoms with Crippen molar-refractivity contribution >= 4 is 17.9 Å². The Morgan fingerprint density at radius 2 is 0.610 bits per heavy atom. The molecule has 1 unspecified atom stereocenters. The Bertz CT molecular complexity index is 1000. The molecule has 1 atom stereocenters. The van der Waals surface area contributed by atoms with Crippen LogP contribution in [0.3, 0.4) is 0 Å². The molecule has 0 aromatic rings. The van der Waals surface area contributed by atoms with E-state index < -0.39 is 6.10 Å². The van der Waals surface area contributed by atoms with E-state index in [2.05, 4.69) is 57.2 Å². The molecule has 0 rings (SSSR count). The molecule has 6 heteroatoms. The van der Waals surface area contributed by atoms with Gasteiger partial charge in [-0.15, -0.1) is 0 Å². The van der Waals surface area contributed by atoms with Crippen LogP contribution in [0.25, 0.3) is 0 Å². The minimum Gasteiger partial charge on any atom is -0.462 e. The van der Waals surface area contributed by atoms with E-state index in [-0.39, 0.29) is 31.1 Å². The van der Waals surface area contributed by atoms with Gasteiger partial charge in [-0.1, -0.05) is 205 Å². The second-order valence-electron chi connectivity index (χ2n) is 17.1. The minimum absolute atomic E-state index is 0.0776. The lowest BCUT2D eigenvalue weighted by atomic mass is 10.1. The number of hydrogen-bond acceptors (Lipinski definition) is 6. The SMILES string of the molecule is CCCCCC/C=C\C/C=C\CCCCCCCC(=O)OCC(COC(=O)CCCCCCCCCCCC)OC(=O)CCCCCCC/C=C\CCCCCCCC. The summed E-state index contributed by atoms with van der Waals surface area (Å²) in [5.74, 6) is -0.894. The molecule has 0 radical (unpaired) electrons. The lowest BCUT2D eigenvalue weighted by Crippen LogP contribution is -2.30. The zero-order valence-corrected chi connectivity index (χ0v) is 39.3. The van der Waals surface area contributed by atoms with Crippen LogP contribution in [0.1, 0.15) is 265 Å². The van der Waals surface area contributed by atoms with Gasteiger partial charge in [-0.3, -0.25) is 14.4 Å². The number of ether oxygens (including phenoxy) is 3. The first-order chi connectivity index (χ1) is 29.0. The van der Waals surface area contributed by atoms with Crippen LogP contribution in [0.15, 0.2) is 36.5 Å². The molecule has 0 spiro atoms. The first-order valence-corrected chi connectivity index (χ1v) is 25.5. The summed E-state index contributed by atoms with van der Waals surface area (Å²) in [6.07, 6.45) is 55.5. The smallest absolute Gasteiger partial charge is 0.306 e.